The molecule has 0 aromatic heterocycles. The molecule has 3 aromatic rings. The molecule has 0 aliphatic heterocycles. The van der Waals surface area contributed by atoms with Gasteiger partial charge >= 0.3 is 0 Å². The van der Waals surface area contributed by atoms with Crippen LogP contribution in [0.3, 0.4) is 0 Å². The number of carbonyl (C=O) groups is 2. The Morgan fingerprint density at radius 1 is 1.00 bits per heavy atom. The van der Waals surface area contributed by atoms with Gasteiger partial charge in [-0.15, -0.1) is 0 Å². The Bertz CT molecular complexity index is 1420. The van der Waals surface area contributed by atoms with E-state index in [0.717, 1.165) is 23.6 Å². The largest absolute Gasteiger partial charge is 0.491 e. The molecule has 218 valence electrons. The van der Waals surface area contributed by atoms with Gasteiger partial charge in [0.1, 0.15) is 5.75 Å². The molecule has 4 N–H and O–H groups in total. The Hall–Kier alpha value is -2.88. The van der Waals surface area contributed by atoms with E-state index in [0.29, 0.717) is 23.1 Å². The van der Waals surface area contributed by atoms with Crippen molar-refractivity contribution < 1.29 is 28.2 Å². The molecule has 5 rings (SSSR count). The van der Waals surface area contributed by atoms with Crippen molar-refractivity contribution in [2.75, 3.05) is 0 Å². The quantitative estimate of drug-likeness (QED) is 0.268. The number of carbonyl (C=O) groups excluding carboxylic acids is 2. The Kier molecular flexibility index (Phi) is 8.51. The number of alkyl halides is 2. The standard InChI is InChI=1S/C32H35BrF2N2O4/c1-17(2)41-26-12-7-18-13-22(6-3-19(18)16-26)28(38)31(40)37-30(32(34,35)23-8-10-24(33)11-9-23)29(39)27-20-4-5-21(27)15-25(36)14-20/h3,6-13,16-17,20-21,25,27-28,30,38H,4-5,14-15,36H2,1-2H3,(H,37,40)/t20?,21?,25?,27?,28-,30-/m1/s1. The number of amides is 1. The van der Waals surface area contributed by atoms with Gasteiger partial charge in [0.2, 0.25) is 0 Å². The SMILES string of the molecule is CC(C)Oc1ccc2cc([C@@H](O)C(=O)N[C@H](C(=O)C3C4CCC3CC(N)C4)C(F)(F)c3ccc(Br)cc3)ccc2c1. The van der Waals surface area contributed by atoms with Crippen molar-refractivity contribution in [3.8, 4) is 5.75 Å². The summed E-state index contributed by atoms with van der Waals surface area (Å²) in [7, 11) is 0. The summed E-state index contributed by atoms with van der Waals surface area (Å²) in [6, 6.07) is 13.6. The van der Waals surface area contributed by atoms with Crippen LogP contribution in [0.4, 0.5) is 8.78 Å². The predicted octanol–water partition coefficient (Wildman–Crippen LogP) is 6.03. The number of nitrogens with two attached hydrogens (primary N) is 1. The van der Waals surface area contributed by atoms with E-state index in [4.69, 9.17) is 10.5 Å². The zero-order valence-electron chi connectivity index (χ0n) is 23.0. The van der Waals surface area contributed by atoms with Crippen LogP contribution in [-0.4, -0.2) is 35.0 Å². The summed E-state index contributed by atoms with van der Waals surface area (Å²) >= 11 is 3.25. The predicted molar refractivity (Wildman–Crippen MR) is 157 cm³/mol. The summed E-state index contributed by atoms with van der Waals surface area (Å²) in [6.45, 7) is 3.85. The van der Waals surface area contributed by atoms with E-state index in [-0.39, 0.29) is 35.1 Å². The summed E-state index contributed by atoms with van der Waals surface area (Å²) in [5.41, 5.74) is 6.01. The molecule has 6 nitrogen and oxygen atoms in total. The number of ketones is 1. The Morgan fingerprint density at radius 3 is 2.24 bits per heavy atom. The second kappa shape index (κ2) is 11.8. The maximum Gasteiger partial charge on any atom is 0.300 e. The number of halogens is 3. The van der Waals surface area contributed by atoms with E-state index < -0.39 is 35.7 Å². The van der Waals surface area contributed by atoms with Crippen LogP contribution in [0.1, 0.15) is 56.8 Å². The molecule has 2 fully saturated rings. The topological polar surface area (TPSA) is 102 Å². The minimum Gasteiger partial charge on any atom is -0.491 e. The summed E-state index contributed by atoms with van der Waals surface area (Å²) in [5.74, 6) is -5.57. The van der Waals surface area contributed by atoms with Gasteiger partial charge in [0.25, 0.3) is 11.8 Å². The van der Waals surface area contributed by atoms with E-state index in [9.17, 15) is 14.7 Å². The molecule has 0 saturated heterocycles. The molecule has 0 spiro atoms. The average molecular weight is 630 g/mol. The van der Waals surface area contributed by atoms with E-state index in [1.165, 1.54) is 24.3 Å². The van der Waals surface area contributed by atoms with Gasteiger partial charge in [-0.1, -0.05) is 46.3 Å². The number of aliphatic hydroxyl groups excluding tert-OH is 1. The van der Waals surface area contributed by atoms with Crippen molar-refractivity contribution in [1.29, 1.82) is 0 Å². The smallest absolute Gasteiger partial charge is 0.300 e. The zero-order chi connectivity index (χ0) is 29.5. The summed E-state index contributed by atoms with van der Waals surface area (Å²) < 4.78 is 38.5. The number of Topliss-reactive ketones (excluding diaryl/α,β-unsaturated/α-hetero) is 1. The lowest BCUT2D eigenvalue weighted by Gasteiger charge is -2.37. The van der Waals surface area contributed by atoms with Crippen molar-refractivity contribution >= 4 is 38.4 Å². The van der Waals surface area contributed by atoms with Crippen molar-refractivity contribution in [1.82, 2.24) is 5.32 Å². The zero-order valence-corrected chi connectivity index (χ0v) is 24.6. The molecule has 2 bridgehead atoms. The highest BCUT2D eigenvalue weighted by Gasteiger charge is 2.54. The van der Waals surface area contributed by atoms with Crippen LogP contribution in [0.15, 0.2) is 65.1 Å². The van der Waals surface area contributed by atoms with Crippen molar-refractivity contribution in [2.24, 2.45) is 23.5 Å². The number of nitrogens with one attached hydrogen (secondary N) is 1. The maximum atomic E-state index is 16.1. The molecule has 2 aliphatic carbocycles. The molecular weight excluding hydrogens is 594 g/mol. The fraction of sp³-hybridized carbons (Fsp3) is 0.438. The second-order valence-corrected chi connectivity index (χ2v) is 12.6. The van der Waals surface area contributed by atoms with Gasteiger partial charge in [-0.2, -0.15) is 8.78 Å². The van der Waals surface area contributed by atoms with Crippen LogP contribution >= 0.6 is 15.9 Å². The van der Waals surface area contributed by atoms with Gasteiger partial charge in [0, 0.05) is 22.0 Å². The minimum atomic E-state index is -3.71. The normalized spacial score (nSPS) is 23.8. The molecule has 4 atom stereocenters. The van der Waals surface area contributed by atoms with E-state index in [1.807, 2.05) is 19.9 Å². The fourth-order valence-corrected chi connectivity index (χ4v) is 6.81. The third kappa shape index (κ3) is 6.17. The molecular formula is C32H35BrF2N2O4. The Balaban J connectivity index is 1.42. The molecule has 9 heteroatoms. The van der Waals surface area contributed by atoms with Gasteiger partial charge in [-0.05, 0) is 98.0 Å². The number of ether oxygens (including phenoxy) is 1. The van der Waals surface area contributed by atoms with Crippen molar-refractivity contribution in [3.63, 3.8) is 0 Å². The van der Waals surface area contributed by atoms with Gasteiger partial charge in [-0.25, -0.2) is 0 Å². The van der Waals surface area contributed by atoms with Gasteiger partial charge < -0.3 is 20.9 Å². The number of fused-ring (bicyclic) bond motifs is 3. The number of rotatable bonds is 9. The first-order chi connectivity index (χ1) is 19.4. The van der Waals surface area contributed by atoms with Crippen LogP contribution in [0.25, 0.3) is 10.8 Å². The van der Waals surface area contributed by atoms with Crippen LogP contribution in [0, 0.1) is 17.8 Å². The molecule has 1 amide bonds. The number of aliphatic hydroxyl groups is 1. The summed E-state index contributed by atoms with van der Waals surface area (Å²) in [5, 5.41) is 14.8. The lowest BCUT2D eigenvalue weighted by Crippen LogP contribution is -2.56. The van der Waals surface area contributed by atoms with Crippen LogP contribution in [0.2, 0.25) is 0 Å². The van der Waals surface area contributed by atoms with Gasteiger partial charge in [0.15, 0.2) is 17.9 Å². The first-order valence-electron chi connectivity index (χ1n) is 14.1. The molecule has 0 heterocycles. The lowest BCUT2D eigenvalue weighted by atomic mass is 9.72. The summed E-state index contributed by atoms with van der Waals surface area (Å²) in [4.78, 5) is 27.2. The number of benzene rings is 3. The third-order valence-electron chi connectivity index (χ3n) is 8.40. The number of hydrogen-bond donors (Lipinski definition) is 3. The highest BCUT2D eigenvalue weighted by atomic mass is 79.9. The van der Waals surface area contributed by atoms with E-state index >= 15 is 8.78 Å². The Labute approximate surface area is 246 Å². The minimum absolute atomic E-state index is 0.00368. The molecule has 2 unspecified atom stereocenters. The molecule has 2 aliphatic rings. The fourth-order valence-electron chi connectivity index (χ4n) is 6.54. The molecule has 2 saturated carbocycles. The number of hydrogen-bond acceptors (Lipinski definition) is 5. The maximum absolute atomic E-state index is 16.1. The third-order valence-corrected chi connectivity index (χ3v) is 8.93. The van der Waals surface area contributed by atoms with E-state index in [1.54, 1.807) is 30.3 Å². The second-order valence-electron chi connectivity index (χ2n) is 11.7. The Morgan fingerprint density at radius 2 is 1.61 bits per heavy atom. The van der Waals surface area contributed by atoms with E-state index in [2.05, 4.69) is 21.2 Å². The van der Waals surface area contributed by atoms with Crippen LogP contribution < -0.4 is 15.8 Å². The molecule has 3 aromatic carbocycles. The van der Waals surface area contributed by atoms with Crippen LogP contribution in [-0.2, 0) is 15.5 Å². The van der Waals surface area contributed by atoms with Gasteiger partial charge in [0.05, 0.1) is 6.10 Å². The molecule has 41 heavy (non-hydrogen) atoms. The average Bonchev–Trinajstić information content (AvgIpc) is 3.20. The first-order valence-corrected chi connectivity index (χ1v) is 14.8. The molecule has 0 radical (unpaired) electrons. The van der Waals surface area contributed by atoms with Crippen molar-refractivity contribution in [3.05, 3.63) is 76.3 Å². The van der Waals surface area contributed by atoms with Gasteiger partial charge in [-0.3, -0.25) is 9.59 Å². The van der Waals surface area contributed by atoms with Crippen molar-refractivity contribution in [2.45, 2.75) is 69.7 Å². The highest BCUT2D eigenvalue weighted by Crippen LogP contribution is 2.49. The monoisotopic (exact) mass is 628 g/mol. The lowest BCUT2D eigenvalue weighted by molar-refractivity contribution is -0.148. The summed E-state index contributed by atoms with van der Waals surface area (Å²) in [6.07, 6.45) is 0.955. The highest BCUT2D eigenvalue weighted by molar-refractivity contribution is 9.10. The first kappa shape index (κ1) is 29.6. The van der Waals surface area contributed by atoms with Crippen LogP contribution in [0.5, 0.6) is 5.75 Å².